The van der Waals surface area contributed by atoms with Crippen LogP contribution >= 0.6 is 0 Å². The minimum Gasteiger partial charge on any atom is -0.198 e. The smallest absolute Gasteiger partial charge is 0.0697 e. The van der Waals surface area contributed by atoms with Gasteiger partial charge in [-0.15, -0.1) is 0 Å². The van der Waals surface area contributed by atoms with Crippen molar-refractivity contribution in [3.63, 3.8) is 0 Å². The van der Waals surface area contributed by atoms with E-state index in [1.807, 2.05) is 19.9 Å². The highest BCUT2D eigenvalue weighted by atomic mass is 14.3. The first-order valence-corrected chi connectivity index (χ1v) is 3.15. The van der Waals surface area contributed by atoms with Gasteiger partial charge in [-0.3, -0.25) is 0 Å². The molecule has 0 fully saturated rings. The number of allylic oxidation sites excluding steroid dienone is 2. The number of nitrogens with zero attached hydrogens (tertiary/aromatic N) is 2. The molecule has 2 heteroatoms. The summed E-state index contributed by atoms with van der Waals surface area (Å²) in [5, 5.41) is 16.6. The van der Waals surface area contributed by atoms with Crippen LogP contribution in [0.2, 0.25) is 0 Å². The first-order chi connectivity index (χ1) is 4.72. The summed E-state index contributed by atoms with van der Waals surface area (Å²) in [4.78, 5) is 0. The van der Waals surface area contributed by atoms with E-state index in [1.54, 1.807) is 6.08 Å². The van der Waals surface area contributed by atoms with Crippen molar-refractivity contribution in [3.05, 3.63) is 11.6 Å². The molecule has 0 aliphatic carbocycles. The van der Waals surface area contributed by atoms with Gasteiger partial charge in [0.1, 0.15) is 0 Å². The van der Waals surface area contributed by atoms with Gasteiger partial charge in [0.25, 0.3) is 0 Å². The van der Waals surface area contributed by atoms with Gasteiger partial charge in [-0.2, -0.15) is 10.5 Å². The zero-order valence-corrected chi connectivity index (χ0v) is 6.26. The standard InChI is InChI=1S/C8H10N2/c1-7(4-3-5-9)8(2)6-10/h4,8H,3H2,1-2H3/b7-4+. The summed E-state index contributed by atoms with van der Waals surface area (Å²) in [6.07, 6.45) is 2.19. The van der Waals surface area contributed by atoms with Crippen molar-refractivity contribution in [2.45, 2.75) is 20.3 Å². The Morgan fingerprint density at radius 1 is 1.60 bits per heavy atom. The van der Waals surface area contributed by atoms with Gasteiger partial charge in [-0.25, -0.2) is 0 Å². The van der Waals surface area contributed by atoms with E-state index in [0.717, 1.165) is 5.57 Å². The van der Waals surface area contributed by atoms with E-state index in [4.69, 9.17) is 10.5 Å². The Morgan fingerprint density at radius 2 is 2.20 bits per heavy atom. The predicted molar refractivity (Wildman–Crippen MR) is 38.8 cm³/mol. The molecule has 10 heavy (non-hydrogen) atoms. The monoisotopic (exact) mass is 134 g/mol. The van der Waals surface area contributed by atoms with Gasteiger partial charge in [0.15, 0.2) is 0 Å². The van der Waals surface area contributed by atoms with Crippen LogP contribution in [0, 0.1) is 28.6 Å². The molecule has 0 aromatic heterocycles. The van der Waals surface area contributed by atoms with E-state index in [2.05, 4.69) is 6.07 Å². The van der Waals surface area contributed by atoms with Crippen LogP contribution < -0.4 is 0 Å². The zero-order chi connectivity index (χ0) is 7.98. The molecular weight excluding hydrogens is 124 g/mol. The molecule has 0 bridgehead atoms. The molecule has 0 aliphatic heterocycles. The molecule has 2 nitrogen and oxygen atoms in total. The Balaban J connectivity index is 3.98. The van der Waals surface area contributed by atoms with Gasteiger partial charge >= 0.3 is 0 Å². The Bertz CT molecular complexity index is 202. The molecule has 0 heterocycles. The molecule has 1 unspecified atom stereocenters. The van der Waals surface area contributed by atoms with Crippen LogP contribution in [0.5, 0.6) is 0 Å². The van der Waals surface area contributed by atoms with Gasteiger partial charge in [-0.1, -0.05) is 11.6 Å². The molecule has 0 saturated heterocycles. The van der Waals surface area contributed by atoms with Gasteiger partial charge in [-0.05, 0) is 13.8 Å². The molecule has 0 saturated carbocycles. The summed E-state index contributed by atoms with van der Waals surface area (Å²) in [5.41, 5.74) is 0.976. The summed E-state index contributed by atoms with van der Waals surface area (Å²) in [5.74, 6) is -0.0617. The van der Waals surface area contributed by atoms with Crippen molar-refractivity contribution >= 4 is 0 Å². The third-order valence-electron chi connectivity index (χ3n) is 1.39. The average molecular weight is 134 g/mol. The van der Waals surface area contributed by atoms with Gasteiger partial charge in [0.05, 0.1) is 24.5 Å². The van der Waals surface area contributed by atoms with Crippen LogP contribution in [-0.2, 0) is 0 Å². The molecule has 1 atom stereocenters. The van der Waals surface area contributed by atoms with E-state index >= 15 is 0 Å². The number of rotatable bonds is 2. The molecular formula is C8H10N2. The Kier molecular flexibility index (Phi) is 4.00. The topological polar surface area (TPSA) is 47.6 Å². The van der Waals surface area contributed by atoms with E-state index < -0.39 is 0 Å². The van der Waals surface area contributed by atoms with Gasteiger partial charge in [0, 0.05) is 0 Å². The summed E-state index contributed by atoms with van der Waals surface area (Å²) in [7, 11) is 0. The van der Waals surface area contributed by atoms with E-state index in [1.165, 1.54) is 0 Å². The second-order valence-electron chi connectivity index (χ2n) is 2.16. The maximum atomic E-state index is 8.43. The molecule has 0 spiro atoms. The minimum atomic E-state index is -0.0617. The lowest BCUT2D eigenvalue weighted by molar-refractivity contribution is 0.872. The van der Waals surface area contributed by atoms with Crippen molar-refractivity contribution in [1.29, 1.82) is 10.5 Å². The minimum absolute atomic E-state index is 0.0617. The summed E-state index contributed by atoms with van der Waals surface area (Å²) in [6.45, 7) is 3.69. The third kappa shape index (κ3) is 2.89. The Morgan fingerprint density at radius 3 is 2.60 bits per heavy atom. The molecule has 0 aromatic carbocycles. The van der Waals surface area contributed by atoms with E-state index in [9.17, 15) is 0 Å². The van der Waals surface area contributed by atoms with E-state index in [0.29, 0.717) is 6.42 Å². The second-order valence-corrected chi connectivity index (χ2v) is 2.16. The molecule has 0 aromatic rings. The first kappa shape index (κ1) is 8.72. The first-order valence-electron chi connectivity index (χ1n) is 3.15. The Labute approximate surface area is 61.4 Å². The summed E-state index contributed by atoms with van der Waals surface area (Å²) in [6, 6.07) is 4.09. The van der Waals surface area contributed by atoms with Crippen molar-refractivity contribution in [1.82, 2.24) is 0 Å². The fourth-order valence-corrected chi connectivity index (χ4v) is 0.485. The predicted octanol–water partition coefficient (Wildman–Crippen LogP) is 2.01. The lowest BCUT2D eigenvalue weighted by atomic mass is 10.0. The van der Waals surface area contributed by atoms with Crippen LogP contribution in [0.3, 0.4) is 0 Å². The average Bonchev–Trinajstić information content (AvgIpc) is 1.98. The molecule has 52 valence electrons. The normalized spacial score (nSPS) is 13.4. The summed E-state index contributed by atoms with van der Waals surface area (Å²) < 4.78 is 0. The quantitative estimate of drug-likeness (QED) is 0.542. The van der Waals surface area contributed by atoms with Crippen LogP contribution in [0.4, 0.5) is 0 Å². The largest absolute Gasteiger partial charge is 0.198 e. The van der Waals surface area contributed by atoms with Crippen molar-refractivity contribution in [2.75, 3.05) is 0 Å². The fraction of sp³-hybridized carbons (Fsp3) is 0.500. The zero-order valence-electron chi connectivity index (χ0n) is 6.26. The SMILES string of the molecule is C/C(=C\CC#N)C(C)C#N. The lowest BCUT2D eigenvalue weighted by Crippen LogP contribution is -1.90. The highest BCUT2D eigenvalue weighted by Gasteiger charge is 1.99. The van der Waals surface area contributed by atoms with E-state index in [-0.39, 0.29) is 5.92 Å². The molecule has 0 radical (unpaired) electrons. The maximum absolute atomic E-state index is 8.43. The van der Waals surface area contributed by atoms with Crippen LogP contribution in [0.1, 0.15) is 20.3 Å². The van der Waals surface area contributed by atoms with Crippen LogP contribution in [-0.4, -0.2) is 0 Å². The summed E-state index contributed by atoms with van der Waals surface area (Å²) >= 11 is 0. The number of hydrogen-bond donors (Lipinski definition) is 0. The molecule has 0 rings (SSSR count). The maximum Gasteiger partial charge on any atom is 0.0697 e. The fourth-order valence-electron chi connectivity index (χ4n) is 0.485. The highest BCUT2D eigenvalue weighted by Crippen LogP contribution is 2.07. The van der Waals surface area contributed by atoms with Gasteiger partial charge < -0.3 is 0 Å². The highest BCUT2D eigenvalue weighted by molar-refractivity contribution is 5.11. The second kappa shape index (κ2) is 4.58. The number of nitriles is 2. The molecule has 0 N–H and O–H groups in total. The van der Waals surface area contributed by atoms with Crippen molar-refractivity contribution in [3.8, 4) is 12.1 Å². The third-order valence-corrected chi connectivity index (χ3v) is 1.39. The molecule has 0 aliphatic rings. The lowest BCUT2D eigenvalue weighted by Gasteiger charge is -1.98. The Hall–Kier alpha value is -1.28. The van der Waals surface area contributed by atoms with Gasteiger partial charge in [0.2, 0.25) is 0 Å². The molecule has 0 amide bonds. The van der Waals surface area contributed by atoms with Crippen molar-refractivity contribution in [2.24, 2.45) is 5.92 Å². The van der Waals surface area contributed by atoms with Crippen LogP contribution in [0.25, 0.3) is 0 Å². The number of hydrogen-bond acceptors (Lipinski definition) is 2. The van der Waals surface area contributed by atoms with Crippen LogP contribution in [0.15, 0.2) is 11.6 Å². The van der Waals surface area contributed by atoms with Crippen molar-refractivity contribution < 1.29 is 0 Å².